The fourth-order valence-corrected chi connectivity index (χ4v) is 2.47. The minimum atomic E-state index is -0.366. The van der Waals surface area contributed by atoms with E-state index in [1.54, 1.807) is 13.2 Å². The molecule has 0 aliphatic rings. The first-order valence-corrected chi connectivity index (χ1v) is 6.62. The van der Waals surface area contributed by atoms with E-state index >= 15 is 0 Å². The zero-order chi connectivity index (χ0) is 13.0. The first-order valence-electron chi connectivity index (χ1n) is 5.45. The molecule has 0 fully saturated rings. The molecule has 0 spiro atoms. The molecule has 94 valence electrons. The van der Waals surface area contributed by atoms with Gasteiger partial charge in [-0.2, -0.15) is 0 Å². The molecule has 0 aromatic heterocycles. The third kappa shape index (κ3) is 4.09. The van der Waals surface area contributed by atoms with Gasteiger partial charge >= 0.3 is 0 Å². The Morgan fingerprint density at radius 1 is 1.47 bits per heavy atom. The van der Waals surface area contributed by atoms with Crippen LogP contribution < -0.4 is 0 Å². The van der Waals surface area contributed by atoms with Crippen molar-refractivity contribution in [2.24, 2.45) is 5.92 Å². The highest BCUT2D eigenvalue weighted by Gasteiger charge is 2.22. The summed E-state index contributed by atoms with van der Waals surface area (Å²) in [7, 11) is 1.56. The number of ketones is 1. The van der Waals surface area contributed by atoms with E-state index in [-0.39, 0.29) is 17.8 Å². The highest BCUT2D eigenvalue weighted by atomic mass is 79.9. The number of hydrogen-bond acceptors (Lipinski definition) is 2. The third-order valence-electron chi connectivity index (χ3n) is 2.56. The lowest BCUT2D eigenvalue weighted by molar-refractivity contribution is -0.130. The normalized spacial score (nSPS) is 12.8. The molecule has 1 atom stereocenters. The van der Waals surface area contributed by atoms with Crippen molar-refractivity contribution in [1.82, 2.24) is 0 Å². The summed E-state index contributed by atoms with van der Waals surface area (Å²) in [5.41, 5.74) is 0.836. The third-order valence-corrected chi connectivity index (χ3v) is 3.40. The van der Waals surface area contributed by atoms with E-state index in [4.69, 9.17) is 16.3 Å². The summed E-state index contributed by atoms with van der Waals surface area (Å²) in [4.78, 5) is 12.0. The van der Waals surface area contributed by atoms with Gasteiger partial charge in [0.1, 0.15) is 6.10 Å². The van der Waals surface area contributed by atoms with Crippen LogP contribution in [-0.4, -0.2) is 19.0 Å². The van der Waals surface area contributed by atoms with Crippen LogP contribution >= 0.6 is 27.5 Å². The first kappa shape index (κ1) is 14.7. The Morgan fingerprint density at radius 2 is 2.12 bits per heavy atom. The van der Waals surface area contributed by atoms with Crippen LogP contribution in [0.25, 0.3) is 0 Å². The summed E-state index contributed by atoms with van der Waals surface area (Å²) in [5.74, 6) is 0.230. The van der Waals surface area contributed by atoms with Crippen LogP contribution in [0.4, 0.5) is 0 Å². The van der Waals surface area contributed by atoms with E-state index in [9.17, 15) is 4.79 Å². The van der Waals surface area contributed by atoms with Crippen LogP contribution in [0.5, 0.6) is 0 Å². The molecule has 0 aliphatic heterocycles. The minimum absolute atomic E-state index is 0.0618. The number of ether oxygens (including phenoxy) is 1. The van der Waals surface area contributed by atoms with E-state index in [1.807, 2.05) is 26.0 Å². The van der Waals surface area contributed by atoms with Gasteiger partial charge in [-0.3, -0.25) is 4.79 Å². The Hall–Kier alpha value is -0.380. The molecule has 1 aromatic carbocycles. The van der Waals surface area contributed by atoms with Crippen LogP contribution in [0.3, 0.4) is 0 Å². The summed E-state index contributed by atoms with van der Waals surface area (Å²) < 4.78 is 6.12. The van der Waals surface area contributed by atoms with Crippen LogP contribution in [0.2, 0.25) is 5.02 Å². The molecule has 0 aliphatic carbocycles. The maximum Gasteiger partial charge on any atom is 0.166 e. The molecule has 1 unspecified atom stereocenters. The molecule has 2 nitrogen and oxygen atoms in total. The van der Waals surface area contributed by atoms with Gasteiger partial charge in [-0.15, -0.1) is 0 Å². The van der Waals surface area contributed by atoms with Gasteiger partial charge in [0, 0.05) is 23.0 Å². The number of methoxy groups -OCH3 is 1. The van der Waals surface area contributed by atoms with Crippen molar-refractivity contribution in [3.63, 3.8) is 0 Å². The van der Waals surface area contributed by atoms with Crippen molar-refractivity contribution in [1.29, 1.82) is 0 Å². The second-order valence-corrected chi connectivity index (χ2v) is 5.60. The lowest BCUT2D eigenvalue weighted by Crippen LogP contribution is -2.29. The zero-order valence-electron chi connectivity index (χ0n) is 10.2. The molecule has 4 heteroatoms. The predicted octanol–water partition coefficient (Wildman–Crippen LogP) is 3.89. The second kappa shape index (κ2) is 6.53. The van der Waals surface area contributed by atoms with Gasteiger partial charge in [-0.1, -0.05) is 47.4 Å². The summed E-state index contributed by atoms with van der Waals surface area (Å²) in [5, 5.41) is 0.603. The summed E-state index contributed by atoms with van der Waals surface area (Å²) in [6, 6.07) is 5.53. The highest BCUT2D eigenvalue weighted by Crippen LogP contribution is 2.23. The molecule has 0 radical (unpaired) electrons. The number of benzene rings is 1. The van der Waals surface area contributed by atoms with Gasteiger partial charge in [-0.05, 0) is 23.6 Å². The van der Waals surface area contributed by atoms with Crippen molar-refractivity contribution < 1.29 is 9.53 Å². The van der Waals surface area contributed by atoms with Crippen LogP contribution in [0.1, 0.15) is 19.4 Å². The van der Waals surface area contributed by atoms with Gasteiger partial charge in [0.15, 0.2) is 5.78 Å². The summed E-state index contributed by atoms with van der Waals surface area (Å²) >= 11 is 9.41. The summed E-state index contributed by atoms with van der Waals surface area (Å²) in [6.45, 7) is 3.94. The quantitative estimate of drug-likeness (QED) is 0.823. The average Bonchev–Trinajstić information content (AvgIpc) is 2.22. The molecule has 0 amide bonds. The Bertz CT molecular complexity index is 404. The largest absolute Gasteiger partial charge is 0.373 e. The standard InChI is InChI=1S/C13H16BrClO2/c1-8(2)13(17-3)12(16)6-9-4-5-10(14)7-11(9)15/h4-5,7-8,13H,6H2,1-3H3. The van der Waals surface area contributed by atoms with E-state index < -0.39 is 0 Å². The van der Waals surface area contributed by atoms with E-state index in [2.05, 4.69) is 15.9 Å². The second-order valence-electron chi connectivity index (χ2n) is 4.28. The molecular formula is C13H16BrClO2. The van der Waals surface area contributed by atoms with E-state index in [0.717, 1.165) is 10.0 Å². The lowest BCUT2D eigenvalue weighted by Gasteiger charge is -2.18. The van der Waals surface area contributed by atoms with Crippen molar-refractivity contribution in [3.8, 4) is 0 Å². The Balaban J connectivity index is 2.80. The van der Waals surface area contributed by atoms with Crippen LogP contribution in [-0.2, 0) is 16.0 Å². The Kier molecular flexibility index (Phi) is 5.63. The summed E-state index contributed by atoms with van der Waals surface area (Å²) in [6.07, 6.45) is -0.0577. The van der Waals surface area contributed by atoms with Crippen LogP contribution in [0, 0.1) is 5.92 Å². The molecule has 1 rings (SSSR count). The number of carbonyl (C=O) groups is 1. The van der Waals surface area contributed by atoms with Gasteiger partial charge in [0.25, 0.3) is 0 Å². The number of carbonyl (C=O) groups excluding carboxylic acids is 1. The fraction of sp³-hybridized carbons (Fsp3) is 0.462. The minimum Gasteiger partial charge on any atom is -0.373 e. The van der Waals surface area contributed by atoms with E-state index in [0.29, 0.717) is 11.4 Å². The monoisotopic (exact) mass is 318 g/mol. The molecular weight excluding hydrogens is 303 g/mol. The smallest absolute Gasteiger partial charge is 0.166 e. The Labute approximate surface area is 115 Å². The molecule has 1 aromatic rings. The number of hydrogen-bond donors (Lipinski definition) is 0. The highest BCUT2D eigenvalue weighted by molar-refractivity contribution is 9.10. The fourth-order valence-electron chi connectivity index (χ4n) is 1.73. The van der Waals surface area contributed by atoms with Gasteiger partial charge in [0.05, 0.1) is 0 Å². The zero-order valence-corrected chi connectivity index (χ0v) is 12.5. The topological polar surface area (TPSA) is 26.3 Å². The number of Topliss-reactive ketones (excluding diaryl/α,β-unsaturated/α-hetero) is 1. The lowest BCUT2D eigenvalue weighted by atomic mass is 9.98. The van der Waals surface area contributed by atoms with Gasteiger partial charge in [0.2, 0.25) is 0 Å². The van der Waals surface area contributed by atoms with Crippen molar-refractivity contribution in [2.75, 3.05) is 7.11 Å². The maximum absolute atomic E-state index is 12.0. The average molecular weight is 320 g/mol. The van der Waals surface area contributed by atoms with Crippen molar-refractivity contribution >= 4 is 33.3 Å². The molecule has 0 bridgehead atoms. The number of rotatable bonds is 5. The molecule has 17 heavy (non-hydrogen) atoms. The predicted molar refractivity (Wildman–Crippen MR) is 73.5 cm³/mol. The maximum atomic E-state index is 12.0. The molecule has 0 heterocycles. The Morgan fingerprint density at radius 3 is 2.59 bits per heavy atom. The van der Waals surface area contributed by atoms with Crippen molar-refractivity contribution in [2.45, 2.75) is 26.4 Å². The van der Waals surface area contributed by atoms with Gasteiger partial charge in [-0.25, -0.2) is 0 Å². The molecule has 0 N–H and O–H groups in total. The van der Waals surface area contributed by atoms with Crippen molar-refractivity contribution in [3.05, 3.63) is 33.3 Å². The first-order chi connectivity index (χ1) is 7.95. The van der Waals surface area contributed by atoms with Gasteiger partial charge < -0.3 is 4.74 Å². The van der Waals surface area contributed by atoms with E-state index in [1.165, 1.54) is 0 Å². The SMILES string of the molecule is COC(C(=O)Cc1ccc(Br)cc1Cl)C(C)C. The number of halogens is 2. The van der Waals surface area contributed by atoms with Crippen LogP contribution in [0.15, 0.2) is 22.7 Å². The molecule has 0 saturated heterocycles. The molecule has 0 saturated carbocycles.